The third kappa shape index (κ3) is 6.65. The van der Waals surface area contributed by atoms with Gasteiger partial charge in [-0.3, -0.25) is 4.79 Å². The van der Waals surface area contributed by atoms with Gasteiger partial charge in [-0.25, -0.2) is 0 Å². The van der Waals surface area contributed by atoms with Crippen LogP contribution < -0.4 is 14.8 Å². The number of ether oxygens (including phenoxy) is 4. The molecule has 0 aliphatic rings. The van der Waals surface area contributed by atoms with Crippen LogP contribution >= 0.6 is 22.6 Å². The van der Waals surface area contributed by atoms with Crippen LogP contribution in [0.4, 0.5) is 0 Å². The zero-order valence-corrected chi connectivity index (χ0v) is 18.6. The molecule has 0 aliphatic carbocycles. The maximum Gasteiger partial charge on any atom is 0.252 e. The average molecular weight is 499 g/mol. The highest BCUT2D eigenvalue weighted by atomic mass is 127. The first-order valence-corrected chi connectivity index (χ1v) is 10.1. The highest BCUT2D eigenvalue weighted by molar-refractivity contribution is 14.1. The van der Waals surface area contributed by atoms with Gasteiger partial charge in [-0.2, -0.15) is 0 Å². The highest BCUT2D eigenvalue weighted by Gasteiger charge is 2.15. The van der Waals surface area contributed by atoms with E-state index >= 15 is 0 Å². The Bertz CT molecular complexity index is 781. The van der Waals surface area contributed by atoms with Crippen LogP contribution in [0.2, 0.25) is 0 Å². The predicted molar refractivity (Wildman–Crippen MR) is 116 cm³/mol. The van der Waals surface area contributed by atoms with E-state index in [1.807, 2.05) is 31.2 Å². The van der Waals surface area contributed by atoms with Gasteiger partial charge in [0.1, 0.15) is 0 Å². The highest BCUT2D eigenvalue weighted by Crippen LogP contribution is 2.31. The van der Waals surface area contributed by atoms with E-state index < -0.39 is 0 Å². The van der Waals surface area contributed by atoms with Crippen LogP contribution in [0.3, 0.4) is 0 Å². The van der Waals surface area contributed by atoms with Crippen molar-refractivity contribution in [2.45, 2.75) is 20.1 Å². The minimum atomic E-state index is -0.163. The van der Waals surface area contributed by atoms with Gasteiger partial charge in [-0.15, -0.1) is 0 Å². The zero-order valence-electron chi connectivity index (χ0n) is 16.4. The van der Waals surface area contributed by atoms with Crippen molar-refractivity contribution in [2.24, 2.45) is 0 Å². The quantitative estimate of drug-likeness (QED) is 0.377. The van der Waals surface area contributed by atoms with Crippen LogP contribution in [0.25, 0.3) is 0 Å². The standard InChI is InChI=1S/C21H26INO5/c1-4-27-8-9-28-14-16-7-5-6-15(10-16)13-23-21(24)17-11-19(25-2)20(26-3)12-18(17)22/h5-7,10-12H,4,8-9,13-14H2,1-3H3,(H,23,24). The molecule has 0 spiro atoms. The summed E-state index contributed by atoms with van der Waals surface area (Å²) in [6, 6.07) is 11.4. The Morgan fingerprint density at radius 3 is 2.39 bits per heavy atom. The number of carbonyl (C=O) groups excluding carboxylic acids is 1. The molecule has 0 radical (unpaired) electrons. The zero-order chi connectivity index (χ0) is 20.4. The molecule has 7 heteroatoms. The summed E-state index contributed by atoms with van der Waals surface area (Å²) in [7, 11) is 3.12. The normalized spacial score (nSPS) is 10.6. The first kappa shape index (κ1) is 22.4. The maximum atomic E-state index is 12.6. The lowest BCUT2D eigenvalue weighted by atomic mass is 10.1. The van der Waals surface area contributed by atoms with Gasteiger partial charge < -0.3 is 24.3 Å². The van der Waals surface area contributed by atoms with Gasteiger partial charge in [0.25, 0.3) is 5.91 Å². The molecule has 0 fully saturated rings. The monoisotopic (exact) mass is 499 g/mol. The van der Waals surface area contributed by atoms with Crippen LogP contribution in [-0.4, -0.2) is 39.9 Å². The van der Waals surface area contributed by atoms with Gasteiger partial charge in [0, 0.05) is 16.7 Å². The Hall–Kier alpha value is -1.84. The van der Waals surface area contributed by atoms with Crippen molar-refractivity contribution in [3.63, 3.8) is 0 Å². The fraction of sp³-hybridized carbons (Fsp3) is 0.381. The molecule has 0 saturated carbocycles. The molecule has 0 bridgehead atoms. The van der Waals surface area contributed by atoms with Crippen molar-refractivity contribution >= 4 is 28.5 Å². The minimum Gasteiger partial charge on any atom is -0.493 e. The van der Waals surface area contributed by atoms with Gasteiger partial charge in [-0.05, 0) is 52.8 Å². The van der Waals surface area contributed by atoms with Crippen LogP contribution in [0.1, 0.15) is 28.4 Å². The number of hydrogen-bond acceptors (Lipinski definition) is 5. The maximum absolute atomic E-state index is 12.6. The Morgan fingerprint density at radius 2 is 1.68 bits per heavy atom. The molecular formula is C21H26INO5. The number of halogens is 1. The largest absolute Gasteiger partial charge is 0.493 e. The predicted octanol–water partition coefficient (Wildman–Crippen LogP) is 3.79. The molecule has 0 saturated heterocycles. The molecule has 0 heterocycles. The molecular weight excluding hydrogens is 473 g/mol. The van der Waals surface area contributed by atoms with Crippen molar-refractivity contribution in [2.75, 3.05) is 34.0 Å². The van der Waals surface area contributed by atoms with Crippen LogP contribution in [0.5, 0.6) is 11.5 Å². The molecule has 0 aromatic heterocycles. The fourth-order valence-corrected chi connectivity index (χ4v) is 3.27. The first-order chi connectivity index (χ1) is 13.6. The second-order valence-electron chi connectivity index (χ2n) is 5.94. The number of amides is 1. The average Bonchev–Trinajstić information content (AvgIpc) is 2.72. The summed E-state index contributed by atoms with van der Waals surface area (Å²) in [6.45, 7) is 4.75. The van der Waals surface area contributed by atoms with Crippen LogP contribution in [0.15, 0.2) is 36.4 Å². The van der Waals surface area contributed by atoms with E-state index in [4.69, 9.17) is 18.9 Å². The van der Waals surface area contributed by atoms with Crippen molar-refractivity contribution in [3.05, 3.63) is 56.7 Å². The van der Waals surface area contributed by atoms with Gasteiger partial charge in [0.2, 0.25) is 0 Å². The van der Waals surface area contributed by atoms with Crippen LogP contribution in [0, 0.1) is 3.57 Å². The SMILES string of the molecule is CCOCCOCc1cccc(CNC(=O)c2cc(OC)c(OC)cc2I)c1. The second-order valence-corrected chi connectivity index (χ2v) is 7.10. The first-order valence-electron chi connectivity index (χ1n) is 9.02. The molecule has 0 unspecified atom stereocenters. The van der Waals surface area contributed by atoms with E-state index in [9.17, 15) is 4.79 Å². The van der Waals surface area contributed by atoms with Crippen molar-refractivity contribution in [1.82, 2.24) is 5.32 Å². The smallest absolute Gasteiger partial charge is 0.252 e. The summed E-state index contributed by atoms with van der Waals surface area (Å²) >= 11 is 2.12. The molecule has 2 aromatic rings. The van der Waals surface area contributed by atoms with Crippen LogP contribution in [-0.2, 0) is 22.6 Å². The van der Waals surface area contributed by atoms with Crippen molar-refractivity contribution in [1.29, 1.82) is 0 Å². The Balaban J connectivity index is 1.95. The van der Waals surface area contributed by atoms with E-state index in [-0.39, 0.29) is 5.91 Å². The van der Waals surface area contributed by atoms with E-state index in [2.05, 4.69) is 27.9 Å². The molecule has 152 valence electrons. The third-order valence-electron chi connectivity index (χ3n) is 4.01. The van der Waals surface area contributed by atoms with E-state index in [0.29, 0.717) is 50.0 Å². The topological polar surface area (TPSA) is 66.0 Å². The van der Waals surface area contributed by atoms with Crippen molar-refractivity contribution < 1.29 is 23.7 Å². The van der Waals surface area contributed by atoms with E-state index in [0.717, 1.165) is 14.7 Å². The molecule has 0 atom stereocenters. The Morgan fingerprint density at radius 1 is 1.00 bits per heavy atom. The van der Waals surface area contributed by atoms with Gasteiger partial charge >= 0.3 is 0 Å². The summed E-state index contributed by atoms with van der Waals surface area (Å²) in [5.41, 5.74) is 2.62. The number of hydrogen-bond donors (Lipinski definition) is 1. The Labute approximate surface area is 179 Å². The third-order valence-corrected chi connectivity index (χ3v) is 4.90. The number of carbonyl (C=O) groups is 1. The number of benzene rings is 2. The molecule has 6 nitrogen and oxygen atoms in total. The number of rotatable bonds is 11. The summed E-state index contributed by atoms with van der Waals surface area (Å²) in [5.74, 6) is 0.962. The summed E-state index contributed by atoms with van der Waals surface area (Å²) in [6.07, 6.45) is 0. The summed E-state index contributed by atoms with van der Waals surface area (Å²) < 4.78 is 22.2. The lowest BCUT2D eigenvalue weighted by molar-refractivity contribution is 0.0453. The molecule has 1 N–H and O–H groups in total. The molecule has 28 heavy (non-hydrogen) atoms. The Kier molecular flexibility index (Phi) is 9.52. The van der Waals surface area contributed by atoms with Gasteiger partial charge in [0.15, 0.2) is 11.5 Å². The number of nitrogens with one attached hydrogen (secondary N) is 1. The van der Waals surface area contributed by atoms with Gasteiger partial charge in [-0.1, -0.05) is 24.3 Å². The summed E-state index contributed by atoms with van der Waals surface area (Å²) in [5, 5.41) is 2.96. The van der Waals surface area contributed by atoms with Gasteiger partial charge in [0.05, 0.1) is 39.6 Å². The fourth-order valence-electron chi connectivity index (χ4n) is 2.59. The lowest BCUT2D eigenvalue weighted by Gasteiger charge is -2.12. The van der Waals surface area contributed by atoms with E-state index in [1.165, 1.54) is 0 Å². The molecule has 2 aromatic carbocycles. The second kappa shape index (κ2) is 11.9. The molecule has 0 aliphatic heterocycles. The minimum absolute atomic E-state index is 0.163. The van der Waals surface area contributed by atoms with Crippen molar-refractivity contribution in [3.8, 4) is 11.5 Å². The van der Waals surface area contributed by atoms with E-state index in [1.54, 1.807) is 26.4 Å². The number of methoxy groups -OCH3 is 2. The molecule has 1 amide bonds. The molecule has 2 rings (SSSR count). The summed E-state index contributed by atoms with van der Waals surface area (Å²) in [4.78, 5) is 12.6. The lowest BCUT2D eigenvalue weighted by Crippen LogP contribution is -2.23.